The van der Waals surface area contributed by atoms with E-state index in [4.69, 9.17) is 20.9 Å². The molecule has 1 aromatic rings. The van der Waals surface area contributed by atoms with Crippen molar-refractivity contribution in [1.82, 2.24) is 4.90 Å². The van der Waals surface area contributed by atoms with E-state index >= 15 is 0 Å². The number of ether oxygens (including phenoxy) is 2. The number of carbonyl (C=O) groups is 3. The number of hydrogen-bond donors (Lipinski definition) is 2. The van der Waals surface area contributed by atoms with Gasteiger partial charge in [0.2, 0.25) is 17.7 Å². The zero-order valence-electron chi connectivity index (χ0n) is 16.2. The van der Waals surface area contributed by atoms with Crippen molar-refractivity contribution < 1.29 is 23.9 Å². The van der Waals surface area contributed by atoms with Crippen LogP contribution in [0.4, 0.5) is 0 Å². The standard InChI is InChI=1S/C20H20N4O5/c1-10(2)28-18(26)16-11(3)24(9-15(22)25)19(27)20(16)12-6-4-5-7-14(12)29-17(23)13(20)8-21/h4-7,10H,9,23H2,1-3H3,(H2,22,25)/t20-/m0/s1. The van der Waals surface area contributed by atoms with Crippen LogP contribution in [0.1, 0.15) is 26.3 Å². The van der Waals surface area contributed by atoms with Crippen LogP contribution in [0, 0.1) is 11.3 Å². The third kappa shape index (κ3) is 2.81. The number of esters is 1. The molecule has 0 aliphatic carbocycles. The Morgan fingerprint density at radius 2 is 2.00 bits per heavy atom. The van der Waals surface area contributed by atoms with Gasteiger partial charge in [0.05, 0.1) is 11.7 Å². The Morgan fingerprint density at radius 3 is 2.59 bits per heavy atom. The summed E-state index contributed by atoms with van der Waals surface area (Å²) in [5, 5.41) is 9.86. The van der Waals surface area contributed by atoms with Crippen LogP contribution in [-0.2, 0) is 24.5 Å². The fourth-order valence-corrected chi connectivity index (χ4v) is 3.76. The van der Waals surface area contributed by atoms with Gasteiger partial charge in [-0.1, -0.05) is 18.2 Å². The molecular weight excluding hydrogens is 376 g/mol. The molecule has 0 aromatic heterocycles. The highest BCUT2D eigenvalue weighted by atomic mass is 16.5. The van der Waals surface area contributed by atoms with Crippen LogP contribution in [0.5, 0.6) is 5.75 Å². The monoisotopic (exact) mass is 396 g/mol. The van der Waals surface area contributed by atoms with Crippen LogP contribution in [0.3, 0.4) is 0 Å². The molecule has 2 heterocycles. The Hall–Kier alpha value is -3.80. The molecule has 9 nitrogen and oxygen atoms in total. The lowest BCUT2D eigenvalue weighted by atomic mass is 9.68. The molecule has 4 N–H and O–H groups in total. The number of benzene rings is 1. The molecule has 2 amide bonds. The minimum absolute atomic E-state index is 0.0901. The Labute approximate surface area is 167 Å². The maximum atomic E-state index is 13.7. The Morgan fingerprint density at radius 1 is 1.34 bits per heavy atom. The van der Waals surface area contributed by atoms with Gasteiger partial charge in [0.15, 0.2) is 5.41 Å². The van der Waals surface area contributed by atoms with Crippen molar-refractivity contribution in [3.8, 4) is 11.8 Å². The minimum Gasteiger partial charge on any atom is -0.460 e. The van der Waals surface area contributed by atoms with E-state index in [2.05, 4.69) is 0 Å². The van der Waals surface area contributed by atoms with Crippen molar-refractivity contribution in [3.63, 3.8) is 0 Å². The van der Waals surface area contributed by atoms with Gasteiger partial charge in [0.25, 0.3) is 0 Å². The summed E-state index contributed by atoms with van der Waals surface area (Å²) in [7, 11) is 0. The summed E-state index contributed by atoms with van der Waals surface area (Å²) in [6.45, 7) is 4.35. The average molecular weight is 396 g/mol. The second-order valence-corrected chi connectivity index (χ2v) is 6.97. The van der Waals surface area contributed by atoms with E-state index in [1.165, 1.54) is 6.92 Å². The normalized spacial score (nSPS) is 20.7. The molecular formula is C20H20N4O5. The zero-order chi connectivity index (χ0) is 21.5. The summed E-state index contributed by atoms with van der Waals surface area (Å²) in [5.41, 5.74) is 9.48. The Bertz CT molecular complexity index is 1030. The van der Waals surface area contributed by atoms with Gasteiger partial charge in [-0.05, 0) is 26.8 Å². The lowest BCUT2D eigenvalue weighted by Gasteiger charge is -2.35. The number of allylic oxidation sites excluding steroid dienone is 1. The molecule has 1 aromatic carbocycles. The fraction of sp³-hybridized carbons (Fsp3) is 0.300. The largest absolute Gasteiger partial charge is 0.460 e. The Balaban J connectivity index is 2.40. The fourth-order valence-electron chi connectivity index (χ4n) is 3.76. The van der Waals surface area contributed by atoms with Gasteiger partial charge in [-0.2, -0.15) is 5.26 Å². The van der Waals surface area contributed by atoms with Crippen LogP contribution in [-0.4, -0.2) is 35.3 Å². The highest BCUT2D eigenvalue weighted by Gasteiger charge is 2.62. The number of para-hydroxylation sites is 1. The van der Waals surface area contributed by atoms with E-state index in [1.54, 1.807) is 38.1 Å². The van der Waals surface area contributed by atoms with Crippen LogP contribution in [0.25, 0.3) is 0 Å². The molecule has 0 saturated heterocycles. The number of amides is 2. The molecule has 1 spiro atoms. The molecule has 0 saturated carbocycles. The van der Waals surface area contributed by atoms with Gasteiger partial charge < -0.3 is 25.8 Å². The van der Waals surface area contributed by atoms with Crippen molar-refractivity contribution in [2.24, 2.45) is 11.5 Å². The third-order valence-electron chi connectivity index (χ3n) is 4.81. The lowest BCUT2D eigenvalue weighted by Crippen LogP contribution is -2.48. The smallest absolute Gasteiger partial charge is 0.337 e. The second-order valence-electron chi connectivity index (χ2n) is 6.97. The number of fused-ring (bicyclic) bond motifs is 2. The number of nitriles is 1. The first-order valence-electron chi connectivity index (χ1n) is 8.86. The number of carbonyl (C=O) groups excluding carboxylic acids is 3. The van der Waals surface area contributed by atoms with Gasteiger partial charge in [0, 0.05) is 11.3 Å². The molecule has 1 atom stereocenters. The topological polar surface area (TPSA) is 149 Å². The molecule has 0 fully saturated rings. The van der Waals surface area contributed by atoms with E-state index in [0.29, 0.717) is 0 Å². The van der Waals surface area contributed by atoms with Gasteiger partial charge in [-0.25, -0.2) is 4.79 Å². The molecule has 0 unspecified atom stereocenters. The van der Waals surface area contributed by atoms with Gasteiger partial charge in [-0.15, -0.1) is 0 Å². The molecule has 2 aliphatic heterocycles. The number of nitrogens with zero attached hydrogens (tertiary/aromatic N) is 2. The molecule has 29 heavy (non-hydrogen) atoms. The Kier molecular flexibility index (Phi) is 4.80. The SMILES string of the molecule is CC1=C(C(=O)OC(C)C)[C@@]2(C(=O)N1CC(N)=O)C(C#N)=C(N)Oc1ccccc12. The second kappa shape index (κ2) is 6.98. The van der Waals surface area contributed by atoms with Gasteiger partial charge >= 0.3 is 5.97 Å². The van der Waals surface area contributed by atoms with Crippen molar-refractivity contribution in [2.45, 2.75) is 32.3 Å². The first-order valence-corrected chi connectivity index (χ1v) is 8.86. The summed E-state index contributed by atoms with van der Waals surface area (Å²) in [6, 6.07) is 8.37. The summed E-state index contributed by atoms with van der Waals surface area (Å²) in [4.78, 5) is 39.5. The molecule has 9 heteroatoms. The molecule has 150 valence electrons. The zero-order valence-corrected chi connectivity index (χ0v) is 16.2. The summed E-state index contributed by atoms with van der Waals surface area (Å²) in [5.74, 6) is -2.35. The number of rotatable bonds is 4. The summed E-state index contributed by atoms with van der Waals surface area (Å²) in [6.07, 6.45) is -0.484. The average Bonchev–Trinajstić information content (AvgIpc) is 2.83. The van der Waals surface area contributed by atoms with E-state index in [-0.39, 0.29) is 34.0 Å². The molecule has 0 radical (unpaired) electrons. The lowest BCUT2D eigenvalue weighted by molar-refractivity contribution is -0.144. The number of primary amides is 1. The first kappa shape index (κ1) is 19.9. The van der Waals surface area contributed by atoms with Crippen LogP contribution in [0.15, 0.2) is 47.0 Å². The number of nitrogens with two attached hydrogens (primary N) is 2. The molecule has 2 aliphatic rings. The summed E-state index contributed by atoms with van der Waals surface area (Å²) < 4.78 is 10.9. The van der Waals surface area contributed by atoms with Crippen molar-refractivity contribution in [2.75, 3.05) is 6.54 Å². The van der Waals surface area contributed by atoms with Crippen LogP contribution < -0.4 is 16.2 Å². The predicted octanol–water partition coefficient (Wildman–Crippen LogP) is 0.564. The molecule has 0 bridgehead atoms. The van der Waals surface area contributed by atoms with Crippen molar-refractivity contribution in [1.29, 1.82) is 5.26 Å². The molecule has 3 rings (SSSR count). The van der Waals surface area contributed by atoms with E-state index in [1.807, 2.05) is 6.07 Å². The van der Waals surface area contributed by atoms with E-state index in [9.17, 15) is 19.6 Å². The van der Waals surface area contributed by atoms with Crippen molar-refractivity contribution in [3.05, 3.63) is 52.6 Å². The van der Waals surface area contributed by atoms with Crippen LogP contribution in [0.2, 0.25) is 0 Å². The first-order chi connectivity index (χ1) is 13.7. The van der Waals surface area contributed by atoms with Gasteiger partial charge in [-0.3, -0.25) is 9.59 Å². The minimum atomic E-state index is -1.89. The summed E-state index contributed by atoms with van der Waals surface area (Å²) >= 11 is 0. The van der Waals surface area contributed by atoms with Gasteiger partial charge in [0.1, 0.15) is 23.9 Å². The quantitative estimate of drug-likeness (QED) is 0.706. The number of hydrogen-bond acceptors (Lipinski definition) is 7. The predicted molar refractivity (Wildman–Crippen MR) is 100 cm³/mol. The maximum Gasteiger partial charge on any atom is 0.337 e. The van der Waals surface area contributed by atoms with E-state index in [0.717, 1.165) is 4.90 Å². The highest BCUT2D eigenvalue weighted by molar-refractivity contribution is 6.13. The maximum absolute atomic E-state index is 13.7. The van der Waals surface area contributed by atoms with Crippen LogP contribution >= 0.6 is 0 Å². The van der Waals surface area contributed by atoms with E-state index < -0.39 is 35.8 Å². The van der Waals surface area contributed by atoms with Crippen molar-refractivity contribution >= 4 is 17.8 Å². The third-order valence-corrected chi connectivity index (χ3v) is 4.81. The highest BCUT2D eigenvalue weighted by Crippen LogP contribution is 2.53.